The van der Waals surface area contributed by atoms with E-state index in [2.05, 4.69) is 15.6 Å². The molecule has 1 rings (SSSR count). The standard InChI is InChI=1S/C14H23N5O7/c1-5(21)17-10-7(19-14(15)16)3-9(13(24)25)26-12(10)11(8(23)4-20)18-6(2)22/h3,7-8,10-12,20,23H,4H2,1-2H3,(H,17,21)(H,18,22)(H,24,25)(H4,15,16,19)/t7-,8-,10+,11+,12+/m0/s1. The first kappa shape index (κ1) is 21.2. The summed E-state index contributed by atoms with van der Waals surface area (Å²) in [4.78, 5) is 38.3. The average Bonchev–Trinajstić information content (AvgIpc) is 2.52. The molecular formula is C14H23N5O7. The number of aliphatic hydroxyl groups is 2. The first-order chi connectivity index (χ1) is 12.1. The molecule has 0 spiro atoms. The quantitative estimate of drug-likeness (QED) is 0.173. The fourth-order valence-corrected chi connectivity index (χ4v) is 2.57. The summed E-state index contributed by atoms with van der Waals surface area (Å²) in [5, 5.41) is 33.5. The smallest absolute Gasteiger partial charge is 0.370 e. The zero-order chi connectivity index (χ0) is 20.0. The third kappa shape index (κ3) is 5.60. The molecule has 0 saturated heterocycles. The van der Waals surface area contributed by atoms with Crippen LogP contribution in [0.1, 0.15) is 13.8 Å². The van der Waals surface area contributed by atoms with Crippen molar-refractivity contribution in [1.82, 2.24) is 10.6 Å². The number of aliphatic carboxylic acids is 1. The average molecular weight is 373 g/mol. The lowest BCUT2D eigenvalue weighted by Gasteiger charge is -2.40. The number of nitrogens with one attached hydrogen (secondary N) is 2. The number of nitrogens with two attached hydrogens (primary N) is 2. The predicted octanol–water partition coefficient (Wildman–Crippen LogP) is -3.64. The fourth-order valence-electron chi connectivity index (χ4n) is 2.57. The van der Waals surface area contributed by atoms with Gasteiger partial charge >= 0.3 is 5.97 Å². The number of aliphatic hydroxyl groups excluding tert-OH is 2. The van der Waals surface area contributed by atoms with Gasteiger partial charge in [0.25, 0.3) is 0 Å². The van der Waals surface area contributed by atoms with Crippen molar-refractivity contribution < 1.29 is 34.4 Å². The summed E-state index contributed by atoms with van der Waals surface area (Å²) in [7, 11) is 0. The number of guanidine groups is 1. The second-order valence-electron chi connectivity index (χ2n) is 5.67. The minimum absolute atomic E-state index is 0.370. The van der Waals surface area contributed by atoms with Gasteiger partial charge in [-0.3, -0.25) is 9.59 Å². The van der Waals surface area contributed by atoms with Crippen molar-refractivity contribution in [3.63, 3.8) is 0 Å². The minimum Gasteiger partial charge on any atom is -0.479 e. The molecule has 0 aromatic carbocycles. The van der Waals surface area contributed by atoms with Gasteiger partial charge in [0, 0.05) is 13.8 Å². The molecule has 2 amide bonds. The lowest BCUT2D eigenvalue weighted by atomic mass is 9.90. The van der Waals surface area contributed by atoms with Gasteiger partial charge in [0.05, 0.1) is 24.7 Å². The maximum absolute atomic E-state index is 11.6. The van der Waals surface area contributed by atoms with Crippen molar-refractivity contribution in [3.05, 3.63) is 11.8 Å². The highest BCUT2D eigenvalue weighted by atomic mass is 16.5. The number of carboxylic acids is 1. The number of nitrogens with zero attached hydrogens (tertiary/aromatic N) is 1. The number of carbonyl (C=O) groups is 3. The van der Waals surface area contributed by atoms with Gasteiger partial charge in [0.15, 0.2) is 5.96 Å². The topological polar surface area (TPSA) is 210 Å². The van der Waals surface area contributed by atoms with Crippen molar-refractivity contribution in [2.75, 3.05) is 6.61 Å². The number of ether oxygens (including phenoxy) is 1. The summed E-state index contributed by atoms with van der Waals surface area (Å²) in [6, 6.07) is -3.33. The van der Waals surface area contributed by atoms with Crippen LogP contribution < -0.4 is 22.1 Å². The van der Waals surface area contributed by atoms with Crippen LogP contribution in [0.4, 0.5) is 0 Å². The third-order valence-corrected chi connectivity index (χ3v) is 3.51. The first-order valence-corrected chi connectivity index (χ1v) is 7.60. The molecule has 0 fully saturated rings. The Bertz CT molecular complexity index is 617. The van der Waals surface area contributed by atoms with Gasteiger partial charge in [-0.05, 0) is 6.08 Å². The summed E-state index contributed by atoms with van der Waals surface area (Å²) < 4.78 is 5.37. The van der Waals surface area contributed by atoms with E-state index in [-0.39, 0.29) is 5.96 Å². The van der Waals surface area contributed by atoms with Crippen LogP contribution in [-0.4, -0.2) is 76.0 Å². The monoisotopic (exact) mass is 373 g/mol. The largest absolute Gasteiger partial charge is 0.479 e. The molecule has 0 aromatic heterocycles. The zero-order valence-corrected chi connectivity index (χ0v) is 14.2. The third-order valence-electron chi connectivity index (χ3n) is 3.51. The van der Waals surface area contributed by atoms with E-state index >= 15 is 0 Å². The van der Waals surface area contributed by atoms with Crippen molar-refractivity contribution in [1.29, 1.82) is 0 Å². The van der Waals surface area contributed by atoms with E-state index in [0.29, 0.717) is 0 Å². The Labute approximate surface area is 148 Å². The molecule has 26 heavy (non-hydrogen) atoms. The first-order valence-electron chi connectivity index (χ1n) is 7.60. The van der Waals surface area contributed by atoms with Gasteiger partial charge in [0.2, 0.25) is 17.6 Å². The van der Waals surface area contributed by atoms with Crippen molar-refractivity contribution in [3.8, 4) is 0 Å². The molecule has 12 heteroatoms. The number of aliphatic imine (C=N–C) groups is 1. The molecule has 5 atom stereocenters. The molecule has 0 radical (unpaired) electrons. The molecule has 1 aliphatic rings. The lowest BCUT2D eigenvalue weighted by molar-refractivity contribution is -0.140. The van der Waals surface area contributed by atoms with Gasteiger partial charge in [0.1, 0.15) is 12.2 Å². The lowest BCUT2D eigenvalue weighted by Crippen LogP contribution is -2.64. The number of rotatable bonds is 7. The summed E-state index contributed by atoms with van der Waals surface area (Å²) in [6.07, 6.45) is -1.70. The maximum Gasteiger partial charge on any atom is 0.370 e. The van der Waals surface area contributed by atoms with E-state index in [1.54, 1.807) is 0 Å². The molecule has 1 aliphatic heterocycles. The molecule has 0 aromatic rings. The Morgan fingerprint density at radius 1 is 1.31 bits per heavy atom. The summed E-state index contributed by atoms with van der Waals surface area (Å²) in [5.41, 5.74) is 10.7. The van der Waals surface area contributed by atoms with Crippen LogP contribution in [0.15, 0.2) is 16.8 Å². The number of carbonyl (C=O) groups excluding carboxylic acids is 2. The molecule has 0 saturated carbocycles. The van der Waals surface area contributed by atoms with Crippen LogP contribution >= 0.6 is 0 Å². The Morgan fingerprint density at radius 3 is 2.35 bits per heavy atom. The highest BCUT2D eigenvalue weighted by Gasteiger charge is 2.44. The predicted molar refractivity (Wildman–Crippen MR) is 88.5 cm³/mol. The Kier molecular flexibility index (Phi) is 7.34. The highest BCUT2D eigenvalue weighted by molar-refractivity contribution is 5.85. The van der Waals surface area contributed by atoms with Crippen molar-refractivity contribution in [2.24, 2.45) is 16.5 Å². The van der Waals surface area contributed by atoms with E-state index in [4.69, 9.17) is 16.2 Å². The highest BCUT2D eigenvalue weighted by Crippen LogP contribution is 2.25. The maximum atomic E-state index is 11.6. The number of hydrogen-bond donors (Lipinski definition) is 7. The van der Waals surface area contributed by atoms with Crippen LogP contribution in [0.25, 0.3) is 0 Å². The molecule has 0 unspecified atom stereocenters. The Hall–Kier alpha value is -2.86. The second kappa shape index (κ2) is 9.01. The van der Waals surface area contributed by atoms with Crippen LogP contribution in [0.5, 0.6) is 0 Å². The van der Waals surface area contributed by atoms with E-state index in [0.717, 1.165) is 13.0 Å². The Balaban J connectivity index is 3.43. The molecule has 1 heterocycles. The van der Waals surface area contributed by atoms with Gasteiger partial charge in [-0.25, -0.2) is 9.79 Å². The van der Waals surface area contributed by atoms with Crippen molar-refractivity contribution in [2.45, 2.75) is 44.2 Å². The number of carboxylic acid groups (broad SMARTS) is 1. The van der Waals surface area contributed by atoms with Crippen LogP contribution in [-0.2, 0) is 19.1 Å². The minimum atomic E-state index is -1.51. The van der Waals surface area contributed by atoms with Crippen molar-refractivity contribution >= 4 is 23.7 Å². The molecule has 146 valence electrons. The number of amides is 2. The molecule has 0 aliphatic carbocycles. The van der Waals surface area contributed by atoms with Gasteiger partial charge in [-0.1, -0.05) is 0 Å². The summed E-state index contributed by atoms with van der Waals surface area (Å²) >= 11 is 0. The van der Waals surface area contributed by atoms with Gasteiger partial charge in [-0.2, -0.15) is 0 Å². The fraction of sp³-hybridized carbons (Fsp3) is 0.571. The Morgan fingerprint density at radius 2 is 1.92 bits per heavy atom. The van der Waals surface area contributed by atoms with E-state index < -0.39 is 60.5 Å². The van der Waals surface area contributed by atoms with Gasteiger partial charge in [-0.15, -0.1) is 0 Å². The van der Waals surface area contributed by atoms with E-state index in [1.807, 2.05) is 0 Å². The second-order valence-corrected chi connectivity index (χ2v) is 5.67. The SMILES string of the molecule is CC(=O)N[C@H]1[C@H]([C@H](NC(C)=O)[C@@H](O)CO)OC(C(=O)O)=C[C@@H]1N=C(N)N. The molecule has 0 bridgehead atoms. The molecule has 12 nitrogen and oxygen atoms in total. The van der Waals surface area contributed by atoms with Crippen LogP contribution in [0.3, 0.4) is 0 Å². The van der Waals surface area contributed by atoms with Gasteiger partial charge < -0.3 is 42.2 Å². The van der Waals surface area contributed by atoms with Crippen LogP contribution in [0.2, 0.25) is 0 Å². The van der Waals surface area contributed by atoms with Crippen LogP contribution in [0, 0.1) is 0 Å². The molecule has 9 N–H and O–H groups in total. The normalized spacial score (nSPS) is 24.3. The number of hydrogen-bond acceptors (Lipinski definition) is 7. The molecular weight excluding hydrogens is 350 g/mol. The van der Waals surface area contributed by atoms with E-state index in [9.17, 15) is 29.7 Å². The zero-order valence-electron chi connectivity index (χ0n) is 14.2. The van der Waals surface area contributed by atoms with E-state index in [1.165, 1.54) is 6.92 Å². The summed E-state index contributed by atoms with van der Waals surface area (Å²) in [5.74, 6) is -3.42. The summed E-state index contributed by atoms with van der Waals surface area (Å²) in [6.45, 7) is 1.61.